The zero-order chi connectivity index (χ0) is 30.4. The molecule has 1 aromatic carbocycles. The third kappa shape index (κ3) is 7.89. The molecular weight excluding hydrogens is 538 g/mol. The van der Waals surface area contributed by atoms with E-state index >= 15 is 0 Å². The molecule has 230 valence electrons. The summed E-state index contributed by atoms with van der Waals surface area (Å²) in [6.45, 7) is 13.7. The van der Waals surface area contributed by atoms with Crippen LogP contribution in [0.5, 0.6) is 5.75 Å². The van der Waals surface area contributed by atoms with Crippen LogP contribution in [0.25, 0.3) is 0 Å². The molecule has 2 aromatic rings. The highest BCUT2D eigenvalue weighted by Crippen LogP contribution is 2.25. The van der Waals surface area contributed by atoms with Crippen LogP contribution >= 0.6 is 0 Å². The molecule has 42 heavy (non-hydrogen) atoms. The van der Waals surface area contributed by atoms with Crippen LogP contribution in [0, 0.1) is 5.92 Å². The van der Waals surface area contributed by atoms with Crippen LogP contribution < -0.4 is 10.1 Å². The van der Waals surface area contributed by atoms with Crippen molar-refractivity contribution in [2.24, 2.45) is 5.92 Å². The van der Waals surface area contributed by atoms with E-state index in [1.165, 1.54) is 0 Å². The second-order valence-electron chi connectivity index (χ2n) is 12.6. The van der Waals surface area contributed by atoms with E-state index in [-0.39, 0.29) is 36.4 Å². The molecule has 1 N–H and O–H groups in total. The van der Waals surface area contributed by atoms with E-state index < -0.39 is 18.0 Å². The molecule has 0 spiro atoms. The largest absolute Gasteiger partial charge is 0.483 e. The van der Waals surface area contributed by atoms with Gasteiger partial charge in [-0.05, 0) is 31.5 Å². The number of nitrogens with zero attached hydrogens (tertiary/aromatic N) is 4. The summed E-state index contributed by atoms with van der Waals surface area (Å²) in [5.74, 6) is 0.825. The molecule has 4 rings (SSSR count). The Labute approximate surface area is 248 Å². The number of para-hydroxylation sites is 1. The molecule has 0 unspecified atom stereocenters. The topological polar surface area (TPSA) is 117 Å². The lowest BCUT2D eigenvalue weighted by atomic mass is 9.94. The first kappa shape index (κ1) is 31.5. The fourth-order valence-corrected chi connectivity index (χ4v) is 5.08. The van der Waals surface area contributed by atoms with E-state index in [0.717, 1.165) is 18.8 Å². The standard InChI is InChI=1S/C31H45N5O6/c1-21(2)17-23(29(38)36-15-16-40-19-24(36)30(39)35-13-11-34(6)12-14-35)33-28(37)22-9-7-8-10-25(22)41-20-27-32-18-26(42-27)31(3,4)5/h7-10,18,21,23-24H,11-17,19-20H2,1-6H3,(H,33,37)/t23-,24-/m1/s1. The second-order valence-corrected chi connectivity index (χ2v) is 12.6. The molecule has 0 bridgehead atoms. The second kappa shape index (κ2) is 13.7. The number of amides is 3. The van der Waals surface area contributed by atoms with Crippen LogP contribution in [-0.2, 0) is 26.3 Å². The Hall–Kier alpha value is -3.44. The maximum absolute atomic E-state index is 14.0. The van der Waals surface area contributed by atoms with Crippen LogP contribution in [0.15, 0.2) is 34.9 Å². The number of hydrogen-bond acceptors (Lipinski definition) is 8. The number of piperazine rings is 1. The maximum atomic E-state index is 14.0. The average molecular weight is 584 g/mol. The molecule has 2 fully saturated rings. The Morgan fingerprint density at radius 2 is 1.81 bits per heavy atom. The van der Waals surface area contributed by atoms with Gasteiger partial charge in [-0.3, -0.25) is 14.4 Å². The summed E-state index contributed by atoms with van der Waals surface area (Å²) in [6, 6.07) is 5.36. The summed E-state index contributed by atoms with van der Waals surface area (Å²) >= 11 is 0. The van der Waals surface area contributed by atoms with Crippen molar-refractivity contribution in [3.8, 4) is 5.75 Å². The zero-order valence-corrected chi connectivity index (χ0v) is 25.7. The quantitative estimate of drug-likeness (QED) is 0.479. The first-order valence-electron chi connectivity index (χ1n) is 14.8. The van der Waals surface area contributed by atoms with Gasteiger partial charge in [-0.1, -0.05) is 46.8 Å². The number of nitrogens with one attached hydrogen (secondary N) is 1. The molecule has 2 atom stereocenters. The van der Waals surface area contributed by atoms with Gasteiger partial charge in [-0.2, -0.15) is 0 Å². The molecule has 3 amide bonds. The minimum atomic E-state index is -0.812. The van der Waals surface area contributed by atoms with Crippen molar-refractivity contribution >= 4 is 17.7 Å². The molecular formula is C31H45N5O6. The lowest BCUT2D eigenvalue weighted by molar-refractivity contribution is -0.156. The van der Waals surface area contributed by atoms with Crippen LogP contribution in [0.1, 0.15) is 63.0 Å². The van der Waals surface area contributed by atoms with Gasteiger partial charge in [0.05, 0.1) is 25.0 Å². The van der Waals surface area contributed by atoms with Gasteiger partial charge in [0.1, 0.15) is 23.6 Å². The molecule has 2 aliphatic rings. The number of carbonyl (C=O) groups is 3. The van der Waals surface area contributed by atoms with Gasteiger partial charge in [0.15, 0.2) is 6.61 Å². The van der Waals surface area contributed by atoms with Crippen LogP contribution in [0.2, 0.25) is 0 Å². The van der Waals surface area contributed by atoms with Gasteiger partial charge in [0.25, 0.3) is 5.91 Å². The van der Waals surface area contributed by atoms with Gasteiger partial charge >= 0.3 is 0 Å². The average Bonchev–Trinajstić information content (AvgIpc) is 3.45. The Bertz CT molecular complexity index is 1230. The third-order valence-electron chi connectivity index (χ3n) is 7.60. The number of benzene rings is 1. The smallest absolute Gasteiger partial charge is 0.255 e. The van der Waals surface area contributed by atoms with Gasteiger partial charge in [0, 0.05) is 38.1 Å². The SMILES string of the molecule is CC(C)C[C@@H](NC(=O)c1ccccc1OCc1ncc(C(C)(C)C)o1)C(=O)N1CCOC[C@@H]1C(=O)N1CCN(C)CC1. The molecule has 0 aliphatic carbocycles. The van der Waals surface area contributed by atoms with Crippen molar-refractivity contribution in [3.63, 3.8) is 0 Å². The molecule has 1 aromatic heterocycles. The third-order valence-corrected chi connectivity index (χ3v) is 7.60. The van der Waals surface area contributed by atoms with Crippen molar-refractivity contribution in [1.82, 2.24) is 25.0 Å². The Morgan fingerprint density at radius 3 is 2.48 bits per heavy atom. The monoisotopic (exact) mass is 583 g/mol. The summed E-state index contributed by atoms with van der Waals surface area (Å²) in [7, 11) is 2.03. The minimum absolute atomic E-state index is 0.0542. The minimum Gasteiger partial charge on any atom is -0.483 e. The van der Waals surface area contributed by atoms with E-state index in [9.17, 15) is 14.4 Å². The highest BCUT2D eigenvalue weighted by atomic mass is 16.5. The number of ether oxygens (including phenoxy) is 2. The molecule has 2 saturated heterocycles. The van der Waals surface area contributed by atoms with Crippen molar-refractivity contribution in [2.45, 2.75) is 65.1 Å². The molecule has 11 heteroatoms. The number of oxazole rings is 1. The Kier molecular flexibility index (Phi) is 10.3. The van der Waals surface area contributed by atoms with E-state index in [1.54, 1.807) is 35.4 Å². The van der Waals surface area contributed by atoms with E-state index in [2.05, 4.69) is 15.2 Å². The molecule has 3 heterocycles. The highest BCUT2D eigenvalue weighted by molar-refractivity contribution is 6.00. The summed E-state index contributed by atoms with van der Waals surface area (Å²) < 4.78 is 17.4. The maximum Gasteiger partial charge on any atom is 0.255 e. The Morgan fingerprint density at radius 1 is 1.10 bits per heavy atom. The van der Waals surface area contributed by atoms with Crippen LogP contribution in [0.3, 0.4) is 0 Å². The Balaban J connectivity index is 1.47. The van der Waals surface area contributed by atoms with Gasteiger partial charge in [0.2, 0.25) is 17.7 Å². The normalized spacial score (nSPS) is 19.1. The fourth-order valence-electron chi connectivity index (χ4n) is 5.08. The number of likely N-dealkylation sites (N-methyl/N-ethyl adjacent to an activating group) is 1. The zero-order valence-electron chi connectivity index (χ0n) is 25.7. The van der Waals surface area contributed by atoms with E-state index in [0.29, 0.717) is 49.9 Å². The molecule has 11 nitrogen and oxygen atoms in total. The van der Waals surface area contributed by atoms with Crippen LogP contribution in [0.4, 0.5) is 0 Å². The first-order chi connectivity index (χ1) is 19.9. The van der Waals surface area contributed by atoms with Crippen molar-refractivity contribution in [2.75, 3.05) is 53.0 Å². The van der Waals surface area contributed by atoms with Crippen molar-refractivity contribution < 1.29 is 28.3 Å². The first-order valence-corrected chi connectivity index (χ1v) is 14.8. The molecule has 0 radical (unpaired) electrons. The van der Waals surface area contributed by atoms with Crippen molar-refractivity contribution in [1.29, 1.82) is 0 Å². The lowest BCUT2D eigenvalue weighted by Crippen LogP contribution is -2.62. The van der Waals surface area contributed by atoms with E-state index in [4.69, 9.17) is 13.9 Å². The van der Waals surface area contributed by atoms with Gasteiger partial charge in [-0.25, -0.2) is 4.98 Å². The van der Waals surface area contributed by atoms with Gasteiger partial charge in [-0.15, -0.1) is 0 Å². The predicted octanol–water partition coefficient (Wildman–Crippen LogP) is 2.70. The summed E-state index contributed by atoms with van der Waals surface area (Å²) in [6.07, 6.45) is 2.11. The summed E-state index contributed by atoms with van der Waals surface area (Å²) in [5.41, 5.74) is 0.115. The fraction of sp³-hybridized carbons (Fsp3) is 0.613. The highest BCUT2D eigenvalue weighted by Gasteiger charge is 2.39. The summed E-state index contributed by atoms with van der Waals surface area (Å²) in [4.78, 5) is 50.9. The number of aromatic nitrogens is 1. The number of rotatable bonds is 9. The summed E-state index contributed by atoms with van der Waals surface area (Å²) in [5, 5.41) is 2.95. The lowest BCUT2D eigenvalue weighted by Gasteiger charge is -2.41. The van der Waals surface area contributed by atoms with Crippen LogP contribution in [-0.4, -0.2) is 102 Å². The number of hydrogen-bond donors (Lipinski definition) is 1. The molecule has 0 saturated carbocycles. The predicted molar refractivity (Wildman–Crippen MR) is 157 cm³/mol. The molecule has 2 aliphatic heterocycles. The number of carbonyl (C=O) groups excluding carboxylic acids is 3. The van der Waals surface area contributed by atoms with Gasteiger partial charge < -0.3 is 33.9 Å². The van der Waals surface area contributed by atoms with Crippen molar-refractivity contribution in [3.05, 3.63) is 47.7 Å². The number of morpholine rings is 1. The van der Waals surface area contributed by atoms with E-state index in [1.807, 2.05) is 46.6 Å².